The standard InChI is InChI=1S/C12H11ClO3S/c1-2-16-12-10-6-4-3-5-9(10)7-8-11(12)17(13,14)15/h3-8H,2H2,1H3. The van der Waals surface area contributed by atoms with Gasteiger partial charge in [-0.2, -0.15) is 0 Å². The zero-order chi connectivity index (χ0) is 12.5. The molecule has 90 valence electrons. The van der Waals surface area contributed by atoms with Gasteiger partial charge in [0, 0.05) is 16.1 Å². The van der Waals surface area contributed by atoms with Crippen LogP contribution >= 0.6 is 10.7 Å². The van der Waals surface area contributed by atoms with Crippen molar-refractivity contribution in [3.8, 4) is 5.75 Å². The Labute approximate surface area is 104 Å². The molecular formula is C12H11ClO3S. The van der Waals surface area contributed by atoms with Gasteiger partial charge in [0.05, 0.1) is 6.61 Å². The van der Waals surface area contributed by atoms with Crippen LogP contribution in [0, 0.1) is 0 Å². The summed E-state index contributed by atoms with van der Waals surface area (Å²) in [5.41, 5.74) is 0. The highest BCUT2D eigenvalue weighted by Crippen LogP contribution is 2.34. The molecule has 0 aliphatic heterocycles. The molecule has 2 rings (SSSR count). The van der Waals surface area contributed by atoms with E-state index < -0.39 is 9.05 Å². The third-order valence-corrected chi connectivity index (χ3v) is 3.74. The van der Waals surface area contributed by atoms with Crippen LogP contribution in [0.2, 0.25) is 0 Å². The summed E-state index contributed by atoms with van der Waals surface area (Å²) in [6, 6.07) is 10.6. The fraction of sp³-hybridized carbons (Fsp3) is 0.167. The normalized spacial score (nSPS) is 11.6. The number of fused-ring (bicyclic) bond motifs is 1. The van der Waals surface area contributed by atoms with Crippen LogP contribution in [0.15, 0.2) is 41.3 Å². The Morgan fingerprint density at radius 1 is 1.18 bits per heavy atom. The molecule has 0 heterocycles. The predicted molar refractivity (Wildman–Crippen MR) is 68.2 cm³/mol. The summed E-state index contributed by atoms with van der Waals surface area (Å²) in [4.78, 5) is 0.0136. The molecule has 0 amide bonds. The number of ether oxygens (including phenoxy) is 1. The van der Waals surface area contributed by atoms with E-state index in [-0.39, 0.29) is 4.90 Å². The van der Waals surface area contributed by atoms with Gasteiger partial charge >= 0.3 is 0 Å². The van der Waals surface area contributed by atoms with E-state index in [1.54, 1.807) is 13.0 Å². The molecule has 0 aliphatic carbocycles. The monoisotopic (exact) mass is 270 g/mol. The van der Waals surface area contributed by atoms with Gasteiger partial charge in [-0.1, -0.05) is 30.3 Å². The van der Waals surface area contributed by atoms with Crippen molar-refractivity contribution in [2.75, 3.05) is 6.61 Å². The summed E-state index contributed by atoms with van der Waals surface area (Å²) in [6.07, 6.45) is 0. The number of rotatable bonds is 3. The van der Waals surface area contributed by atoms with Crippen LogP contribution < -0.4 is 4.74 Å². The lowest BCUT2D eigenvalue weighted by atomic mass is 10.1. The Morgan fingerprint density at radius 2 is 1.88 bits per heavy atom. The number of hydrogen-bond donors (Lipinski definition) is 0. The zero-order valence-corrected chi connectivity index (χ0v) is 10.8. The third-order valence-electron chi connectivity index (χ3n) is 2.39. The second-order valence-corrected chi connectivity index (χ2v) is 6.02. The van der Waals surface area contributed by atoms with Gasteiger partial charge in [-0.3, -0.25) is 0 Å². The maximum absolute atomic E-state index is 11.5. The maximum atomic E-state index is 11.5. The van der Waals surface area contributed by atoms with Crippen LogP contribution in [0.5, 0.6) is 5.75 Å². The minimum Gasteiger partial charge on any atom is -0.492 e. The highest BCUT2D eigenvalue weighted by Gasteiger charge is 2.18. The van der Waals surface area contributed by atoms with Crippen LogP contribution in [-0.2, 0) is 9.05 Å². The molecule has 2 aromatic rings. The molecule has 5 heteroatoms. The molecule has 0 saturated carbocycles. The lowest BCUT2D eigenvalue weighted by Crippen LogP contribution is -2.00. The third kappa shape index (κ3) is 2.37. The number of hydrogen-bond acceptors (Lipinski definition) is 3. The molecule has 0 spiro atoms. The summed E-state index contributed by atoms with van der Waals surface area (Å²) in [5.74, 6) is 0.320. The van der Waals surface area contributed by atoms with Crippen LogP contribution in [-0.4, -0.2) is 15.0 Å². The van der Waals surface area contributed by atoms with Gasteiger partial charge in [0.15, 0.2) is 0 Å². The minimum atomic E-state index is -3.80. The van der Waals surface area contributed by atoms with E-state index in [1.807, 2.05) is 24.3 Å². The van der Waals surface area contributed by atoms with Gasteiger partial charge in [0.25, 0.3) is 9.05 Å². The van der Waals surface area contributed by atoms with Gasteiger partial charge in [-0.15, -0.1) is 0 Å². The molecule has 0 atom stereocenters. The molecule has 0 unspecified atom stereocenters. The quantitative estimate of drug-likeness (QED) is 0.805. The van der Waals surface area contributed by atoms with E-state index in [0.717, 1.165) is 10.8 Å². The van der Waals surface area contributed by atoms with Crippen molar-refractivity contribution in [3.63, 3.8) is 0 Å². The SMILES string of the molecule is CCOc1c(S(=O)(=O)Cl)ccc2ccccc12. The van der Waals surface area contributed by atoms with E-state index in [9.17, 15) is 8.42 Å². The molecule has 17 heavy (non-hydrogen) atoms. The largest absolute Gasteiger partial charge is 0.492 e. The van der Waals surface area contributed by atoms with Crippen molar-refractivity contribution < 1.29 is 13.2 Å². The summed E-state index contributed by atoms with van der Waals surface area (Å²) < 4.78 is 28.3. The molecule has 0 N–H and O–H groups in total. The van der Waals surface area contributed by atoms with Gasteiger partial charge in [0.1, 0.15) is 10.6 Å². The molecule has 0 saturated heterocycles. The van der Waals surface area contributed by atoms with Crippen LogP contribution in [0.4, 0.5) is 0 Å². The van der Waals surface area contributed by atoms with Gasteiger partial charge in [-0.25, -0.2) is 8.42 Å². The summed E-state index contributed by atoms with van der Waals surface area (Å²) in [7, 11) is 1.59. The summed E-state index contributed by atoms with van der Waals surface area (Å²) >= 11 is 0. The first-order valence-electron chi connectivity index (χ1n) is 5.13. The first-order chi connectivity index (χ1) is 8.04. The zero-order valence-electron chi connectivity index (χ0n) is 9.18. The molecular weight excluding hydrogens is 260 g/mol. The van der Waals surface area contributed by atoms with E-state index >= 15 is 0 Å². The molecule has 2 aromatic carbocycles. The van der Waals surface area contributed by atoms with Gasteiger partial charge in [-0.05, 0) is 18.4 Å². The maximum Gasteiger partial charge on any atom is 0.265 e. The van der Waals surface area contributed by atoms with Crippen molar-refractivity contribution in [2.45, 2.75) is 11.8 Å². The molecule has 3 nitrogen and oxygen atoms in total. The molecule has 0 bridgehead atoms. The Hall–Kier alpha value is -1.26. The Balaban J connectivity index is 2.82. The van der Waals surface area contributed by atoms with Crippen LogP contribution in [0.3, 0.4) is 0 Å². The topological polar surface area (TPSA) is 43.4 Å². The fourth-order valence-corrected chi connectivity index (χ4v) is 2.69. The first kappa shape index (κ1) is 12.2. The highest BCUT2D eigenvalue weighted by molar-refractivity contribution is 8.13. The lowest BCUT2D eigenvalue weighted by molar-refractivity contribution is 0.336. The van der Waals surface area contributed by atoms with Crippen molar-refractivity contribution >= 4 is 30.5 Å². The lowest BCUT2D eigenvalue weighted by Gasteiger charge is -2.11. The van der Waals surface area contributed by atoms with E-state index in [1.165, 1.54) is 6.07 Å². The number of benzene rings is 2. The van der Waals surface area contributed by atoms with Crippen LogP contribution in [0.1, 0.15) is 6.92 Å². The summed E-state index contributed by atoms with van der Waals surface area (Å²) in [5, 5.41) is 1.66. The Bertz CT molecular complexity index is 650. The molecule has 0 radical (unpaired) electrons. The molecule has 0 aromatic heterocycles. The predicted octanol–water partition coefficient (Wildman–Crippen LogP) is 3.17. The average Bonchev–Trinajstić information content (AvgIpc) is 2.28. The second-order valence-electron chi connectivity index (χ2n) is 3.48. The minimum absolute atomic E-state index is 0.0136. The van der Waals surface area contributed by atoms with E-state index in [0.29, 0.717) is 12.4 Å². The van der Waals surface area contributed by atoms with E-state index in [4.69, 9.17) is 15.4 Å². The van der Waals surface area contributed by atoms with Gasteiger partial charge in [0.2, 0.25) is 0 Å². The first-order valence-corrected chi connectivity index (χ1v) is 7.44. The van der Waals surface area contributed by atoms with E-state index in [2.05, 4.69) is 0 Å². The summed E-state index contributed by atoms with van der Waals surface area (Å²) in [6.45, 7) is 2.18. The van der Waals surface area contributed by atoms with Crippen molar-refractivity contribution in [1.29, 1.82) is 0 Å². The van der Waals surface area contributed by atoms with Crippen molar-refractivity contribution in [1.82, 2.24) is 0 Å². The Kier molecular flexibility index (Phi) is 3.26. The van der Waals surface area contributed by atoms with Crippen molar-refractivity contribution in [3.05, 3.63) is 36.4 Å². The highest BCUT2D eigenvalue weighted by atomic mass is 35.7. The van der Waals surface area contributed by atoms with Gasteiger partial charge < -0.3 is 4.74 Å². The fourth-order valence-electron chi connectivity index (χ4n) is 1.71. The smallest absolute Gasteiger partial charge is 0.265 e. The Morgan fingerprint density at radius 3 is 2.53 bits per heavy atom. The average molecular weight is 271 g/mol. The van der Waals surface area contributed by atoms with Crippen LogP contribution in [0.25, 0.3) is 10.8 Å². The number of halogens is 1. The molecule has 0 fully saturated rings. The van der Waals surface area contributed by atoms with Crippen molar-refractivity contribution in [2.24, 2.45) is 0 Å². The second kappa shape index (κ2) is 4.55. The molecule has 0 aliphatic rings.